The van der Waals surface area contributed by atoms with E-state index in [0.29, 0.717) is 18.7 Å². The highest BCUT2D eigenvalue weighted by molar-refractivity contribution is 5.93. The molecule has 2 heterocycles. The molecule has 0 aliphatic carbocycles. The normalized spacial score (nSPS) is 18.2. The Bertz CT molecular complexity index is 419. The summed E-state index contributed by atoms with van der Waals surface area (Å²) in [5.74, 6) is -0.0675. The van der Waals surface area contributed by atoms with Crippen LogP contribution in [-0.2, 0) is 11.8 Å². The maximum atomic E-state index is 12.0. The first-order valence-electron chi connectivity index (χ1n) is 6.62. The lowest BCUT2D eigenvalue weighted by molar-refractivity contribution is 0.0511. The number of aromatic nitrogens is 2. The van der Waals surface area contributed by atoms with E-state index in [0.717, 1.165) is 25.9 Å². The molecule has 6 nitrogen and oxygen atoms in total. The third-order valence-electron chi connectivity index (χ3n) is 3.71. The highest BCUT2D eigenvalue weighted by Crippen LogP contribution is 2.28. The lowest BCUT2D eigenvalue weighted by atomic mass is 9.79. The Morgan fingerprint density at radius 2 is 2.32 bits per heavy atom. The number of nitrogens with zero attached hydrogens (tertiary/aromatic N) is 2. The number of ether oxygens (including phenoxy) is 1. The molecule has 1 saturated heterocycles. The number of hydrogen-bond acceptors (Lipinski definition) is 4. The molecular weight excluding hydrogens is 244 g/mol. The summed E-state index contributed by atoms with van der Waals surface area (Å²) in [5, 5.41) is 10.4. The van der Waals surface area contributed by atoms with Crippen LogP contribution in [0, 0.1) is 5.41 Å². The Kier molecular flexibility index (Phi) is 4.55. The summed E-state index contributed by atoms with van der Waals surface area (Å²) in [5.41, 5.74) is 0.654. The molecule has 1 aliphatic rings. The third-order valence-corrected chi connectivity index (χ3v) is 3.71. The van der Waals surface area contributed by atoms with E-state index in [1.54, 1.807) is 31.2 Å². The van der Waals surface area contributed by atoms with Gasteiger partial charge >= 0.3 is 0 Å². The van der Waals surface area contributed by atoms with E-state index in [4.69, 9.17) is 4.74 Å². The molecular formula is C13H22N4O2. The molecule has 0 spiro atoms. The average Bonchev–Trinajstić information content (AvgIpc) is 2.84. The fourth-order valence-corrected chi connectivity index (χ4v) is 2.54. The first kappa shape index (κ1) is 14.0. The number of rotatable bonds is 5. The Morgan fingerprint density at radius 1 is 1.58 bits per heavy atom. The number of methoxy groups -OCH3 is 1. The van der Waals surface area contributed by atoms with Gasteiger partial charge in [-0.05, 0) is 25.9 Å². The minimum absolute atomic E-state index is 0.0534. The predicted octanol–water partition coefficient (Wildman–Crippen LogP) is 0.166. The van der Waals surface area contributed by atoms with Gasteiger partial charge in [0.15, 0.2) is 0 Å². The first-order chi connectivity index (χ1) is 9.15. The fourth-order valence-electron chi connectivity index (χ4n) is 2.54. The summed E-state index contributed by atoms with van der Waals surface area (Å²) >= 11 is 0. The SMILES string of the molecule is COCC1(CNC(=O)c2cnn(C)c2)CCNCC1. The van der Waals surface area contributed by atoms with Crippen LogP contribution in [0.4, 0.5) is 0 Å². The van der Waals surface area contributed by atoms with Crippen molar-refractivity contribution in [2.45, 2.75) is 12.8 Å². The number of piperidine rings is 1. The largest absolute Gasteiger partial charge is 0.384 e. The number of carbonyl (C=O) groups excluding carboxylic acids is 1. The Hall–Kier alpha value is -1.40. The summed E-state index contributed by atoms with van der Waals surface area (Å²) in [4.78, 5) is 12.0. The summed E-state index contributed by atoms with van der Waals surface area (Å²) in [6.07, 6.45) is 5.35. The van der Waals surface area contributed by atoms with Crippen molar-refractivity contribution in [3.8, 4) is 0 Å². The van der Waals surface area contributed by atoms with Gasteiger partial charge in [-0.15, -0.1) is 0 Å². The van der Waals surface area contributed by atoms with Gasteiger partial charge in [0.2, 0.25) is 0 Å². The van der Waals surface area contributed by atoms with Crippen molar-refractivity contribution in [3.63, 3.8) is 0 Å². The van der Waals surface area contributed by atoms with Crippen molar-refractivity contribution in [2.24, 2.45) is 12.5 Å². The number of hydrogen-bond donors (Lipinski definition) is 2. The van der Waals surface area contributed by atoms with Gasteiger partial charge in [-0.25, -0.2) is 0 Å². The van der Waals surface area contributed by atoms with Gasteiger partial charge in [0, 0.05) is 32.3 Å². The zero-order valence-corrected chi connectivity index (χ0v) is 11.6. The van der Waals surface area contributed by atoms with Crippen LogP contribution in [0.25, 0.3) is 0 Å². The predicted molar refractivity (Wildman–Crippen MR) is 72.0 cm³/mol. The second-order valence-corrected chi connectivity index (χ2v) is 5.27. The quantitative estimate of drug-likeness (QED) is 0.797. The Labute approximate surface area is 113 Å². The van der Waals surface area contributed by atoms with Crippen LogP contribution in [0.5, 0.6) is 0 Å². The molecule has 106 valence electrons. The van der Waals surface area contributed by atoms with E-state index < -0.39 is 0 Å². The van der Waals surface area contributed by atoms with E-state index in [9.17, 15) is 4.79 Å². The second-order valence-electron chi connectivity index (χ2n) is 5.27. The zero-order valence-electron chi connectivity index (χ0n) is 11.6. The van der Waals surface area contributed by atoms with Crippen molar-refractivity contribution in [1.82, 2.24) is 20.4 Å². The third kappa shape index (κ3) is 3.54. The van der Waals surface area contributed by atoms with Crippen LogP contribution < -0.4 is 10.6 Å². The molecule has 1 amide bonds. The summed E-state index contributed by atoms with van der Waals surface area (Å²) in [6.45, 7) is 3.29. The van der Waals surface area contributed by atoms with Crippen molar-refractivity contribution >= 4 is 5.91 Å². The maximum absolute atomic E-state index is 12.0. The monoisotopic (exact) mass is 266 g/mol. The Morgan fingerprint density at radius 3 is 2.89 bits per heavy atom. The minimum atomic E-state index is -0.0675. The summed E-state index contributed by atoms with van der Waals surface area (Å²) in [6, 6.07) is 0. The number of nitrogens with one attached hydrogen (secondary N) is 2. The van der Waals surface area contributed by atoms with E-state index in [-0.39, 0.29) is 11.3 Å². The van der Waals surface area contributed by atoms with Crippen LogP contribution in [0.2, 0.25) is 0 Å². The standard InChI is InChI=1S/C13H22N4O2/c1-17-8-11(7-16-17)12(18)15-9-13(10-19-2)3-5-14-6-4-13/h7-8,14H,3-6,9-10H2,1-2H3,(H,15,18). The van der Waals surface area contributed by atoms with Gasteiger partial charge in [-0.3, -0.25) is 9.48 Å². The molecule has 1 aromatic heterocycles. The maximum Gasteiger partial charge on any atom is 0.254 e. The highest BCUT2D eigenvalue weighted by atomic mass is 16.5. The van der Waals surface area contributed by atoms with Crippen molar-refractivity contribution < 1.29 is 9.53 Å². The smallest absolute Gasteiger partial charge is 0.254 e. The van der Waals surface area contributed by atoms with Gasteiger partial charge in [0.1, 0.15) is 0 Å². The van der Waals surface area contributed by atoms with Gasteiger partial charge < -0.3 is 15.4 Å². The molecule has 2 rings (SSSR count). The van der Waals surface area contributed by atoms with Crippen LogP contribution in [0.1, 0.15) is 23.2 Å². The van der Waals surface area contributed by atoms with Gasteiger partial charge in [0.05, 0.1) is 18.4 Å². The van der Waals surface area contributed by atoms with Crippen LogP contribution in [0.3, 0.4) is 0 Å². The number of aryl methyl sites for hydroxylation is 1. The molecule has 0 atom stereocenters. The van der Waals surface area contributed by atoms with Crippen LogP contribution in [0.15, 0.2) is 12.4 Å². The second kappa shape index (κ2) is 6.16. The molecule has 0 bridgehead atoms. The van der Waals surface area contributed by atoms with Gasteiger partial charge in [-0.2, -0.15) is 5.10 Å². The molecule has 6 heteroatoms. The van der Waals surface area contributed by atoms with Crippen LogP contribution >= 0.6 is 0 Å². The molecule has 0 radical (unpaired) electrons. The fraction of sp³-hybridized carbons (Fsp3) is 0.692. The number of amides is 1. The van der Waals surface area contributed by atoms with Crippen molar-refractivity contribution in [3.05, 3.63) is 18.0 Å². The van der Waals surface area contributed by atoms with Gasteiger partial charge in [-0.1, -0.05) is 0 Å². The number of carbonyl (C=O) groups is 1. The van der Waals surface area contributed by atoms with Crippen LogP contribution in [-0.4, -0.2) is 49.0 Å². The first-order valence-corrected chi connectivity index (χ1v) is 6.62. The average molecular weight is 266 g/mol. The zero-order chi connectivity index (χ0) is 13.7. The molecule has 0 saturated carbocycles. The minimum Gasteiger partial charge on any atom is -0.384 e. The topological polar surface area (TPSA) is 68.2 Å². The van der Waals surface area contributed by atoms with E-state index >= 15 is 0 Å². The summed E-state index contributed by atoms with van der Waals surface area (Å²) < 4.78 is 6.96. The summed E-state index contributed by atoms with van der Waals surface area (Å²) in [7, 11) is 3.52. The molecule has 1 aromatic rings. The molecule has 19 heavy (non-hydrogen) atoms. The molecule has 0 aromatic carbocycles. The highest BCUT2D eigenvalue weighted by Gasteiger charge is 2.32. The van der Waals surface area contributed by atoms with E-state index in [1.165, 1.54) is 0 Å². The molecule has 0 unspecified atom stereocenters. The van der Waals surface area contributed by atoms with E-state index in [1.807, 2.05) is 0 Å². The lowest BCUT2D eigenvalue weighted by Gasteiger charge is -2.37. The molecule has 1 fully saturated rings. The Balaban J connectivity index is 1.93. The van der Waals surface area contributed by atoms with Crippen molar-refractivity contribution in [2.75, 3.05) is 33.4 Å². The van der Waals surface area contributed by atoms with E-state index in [2.05, 4.69) is 15.7 Å². The van der Waals surface area contributed by atoms with Gasteiger partial charge in [0.25, 0.3) is 5.91 Å². The molecule has 1 aliphatic heterocycles. The lowest BCUT2D eigenvalue weighted by Crippen LogP contribution is -2.47. The molecule has 2 N–H and O–H groups in total. The van der Waals surface area contributed by atoms with Crippen molar-refractivity contribution in [1.29, 1.82) is 0 Å².